The highest BCUT2D eigenvalue weighted by Crippen LogP contribution is 2.87. The van der Waals surface area contributed by atoms with Crippen molar-refractivity contribution in [1.82, 2.24) is 0 Å². The number of isocyanates is 2. The number of carbonyl (C=O) groups excluding carboxylic acids is 2. The molecular formula is C15H18N2O2. The Hall–Kier alpha value is -1.24. The largest absolute Gasteiger partial charge is 0.235 e. The lowest BCUT2D eigenvalue weighted by atomic mass is 9.96. The number of aliphatic imine (C=N–C) groups is 2. The average Bonchev–Trinajstić information content (AvgIpc) is 3.28. The Kier molecular flexibility index (Phi) is 2.36. The van der Waals surface area contributed by atoms with Crippen LogP contribution < -0.4 is 0 Å². The van der Waals surface area contributed by atoms with Crippen molar-refractivity contribution in [3.63, 3.8) is 0 Å². The summed E-state index contributed by atoms with van der Waals surface area (Å²) in [6, 6.07) is 0.453. The molecule has 4 heteroatoms. The van der Waals surface area contributed by atoms with Gasteiger partial charge in [0.25, 0.3) is 0 Å². The van der Waals surface area contributed by atoms with Crippen LogP contribution in [0.4, 0.5) is 0 Å². The van der Waals surface area contributed by atoms with Gasteiger partial charge in [-0.2, -0.15) is 0 Å². The fraction of sp³-hybridized carbons (Fsp3) is 0.867. The maximum atomic E-state index is 10.4. The topological polar surface area (TPSA) is 58.9 Å². The van der Waals surface area contributed by atoms with Crippen LogP contribution in [0.15, 0.2) is 9.98 Å². The zero-order valence-corrected chi connectivity index (χ0v) is 10.9. The fourth-order valence-corrected chi connectivity index (χ4v) is 5.86. The van der Waals surface area contributed by atoms with Crippen LogP contribution in [0, 0.1) is 29.1 Å². The van der Waals surface area contributed by atoms with Crippen LogP contribution in [0.3, 0.4) is 0 Å². The molecule has 0 N–H and O–H groups in total. The molecule has 4 nitrogen and oxygen atoms in total. The second-order valence-corrected chi connectivity index (χ2v) is 6.80. The highest BCUT2D eigenvalue weighted by molar-refractivity contribution is 5.36. The maximum absolute atomic E-state index is 10.4. The van der Waals surface area contributed by atoms with Gasteiger partial charge in [-0.3, -0.25) is 0 Å². The minimum Gasteiger partial charge on any atom is -0.211 e. The van der Waals surface area contributed by atoms with Gasteiger partial charge in [0.2, 0.25) is 12.2 Å². The second-order valence-electron chi connectivity index (χ2n) is 6.80. The SMILES string of the molecule is O=C=NC1CCC2C(C1)C21C2CCC(N=C=O)CC21. The molecule has 0 aromatic rings. The van der Waals surface area contributed by atoms with Gasteiger partial charge in [0.05, 0.1) is 12.1 Å². The third kappa shape index (κ3) is 1.42. The summed E-state index contributed by atoms with van der Waals surface area (Å²) in [6.45, 7) is 0. The molecule has 4 aliphatic carbocycles. The lowest BCUT2D eigenvalue weighted by Crippen LogP contribution is -2.11. The molecule has 0 bridgehead atoms. The van der Waals surface area contributed by atoms with Crippen LogP contribution in [-0.4, -0.2) is 24.2 Å². The van der Waals surface area contributed by atoms with Crippen molar-refractivity contribution in [2.24, 2.45) is 39.1 Å². The molecule has 0 amide bonds. The summed E-state index contributed by atoms with van der Waals surface area (Å²) < 4.78 is 0. The van der Waals surface area contributed by atoms with E-state index in [1.807, 2.05) is 0 Å². The van der Waals surface area contributed by atoms with Crippen LogP contribution in [-0.2, 0) is 9.59 Å². The quantitative estimate of drug-likeness (QED) is 0.563. The predicted molar refractivity (Wildman–Crippen MR) is 67.9 cm³/mol. The summed E-state index contributed by atoms with van der Waals surface area (Å²) in [5.41, 5.74) is 0.570. The van der Waals surface area contributed by atoms with Gasteiger partial charge in [-0.25, -0.2) is 19.6 Å². The van der Waals surface area contributed by atoms with Crippen molar-refractivity contribution >= 4 is 12.2 Å². The van der Waals surface area contributed by atoms with Crippen molar-refractivity contribution in [3.05, 3.63) is 0 Å². The van der Waals surface area contributed by atoms with Crippen molar-refractivity contribution in [2.75, 3.05) is 0 Å². The average molecular weight is 258 g/mol. The Morgan fingerprint density at radius 3 is 1.63 bits per heavy atom. The molecule has 0 aromatic heterocycles. The van der Waals surface area contributed by atoms with E-state index in [0.717, 1.165) is 49.4 Å². The Morgan fingerprint density at radius 1 is 0.737 bits per heavy atom. The lowest BCUT2D eigenvalue weighted by molar-refractivity contribution is 0.420. The summed E-state index contributed by atoms with van der Waals surface area (Å²) in [4.78, 5) is 28.7. The monoisotopic (exact) mass is 258 g/mol. The highest BCUT2D eigenvalue weighted by atomic mass is 16.1. The first-order valence-electron chi connectivity index (χ1n) is 7.46. The number of hydrogen-bond acceptors (Lipinski definition) is 4. The smallest absolute Gasteiger partial charge is 0.211 e. The first-order chi connectivity index (χ1) is 9.32. The Labute approximate surface area is 112 Å². The molecule has 4 aliphatic rings. The molecule has 4 saturated carbocycles. The molecular weight excluding hydrogens is 240 g/mol. The third-order valence-corrected chi connectivity index (χ3v) is 6.47. The normalized spacial score (nSPS) is 53.3. The van der Waals surface area contributed by atoms with Gasteiger partial charge in [0.15, 0.2) is 0 Å². The van der Waals surface area contributed by atoms with Gasteiger partial charge in [-0.05, 0) is 67.6 Å². The molecule has 19 heavy (non-hydrogen) atoms. The van der Waals surface area contributed by atoms with Gasteiger partial charge >= 0.3 is 0 Å². The van der Waals surface area contributed by atoms with Gasteiger partial charge in [-0.15, -0.1) is 0 Å². The summed E-state index contributed by atoms with van der Waals surface area (Å²) in [5.74, 6) is 3.33. The van der Waals surface area contributed by atoms with Gasteiger partial charge in [-0.1, -0.05) is 0 Å². The fourth-order valence-electron chi connectivity index (χ4n) is 5.86. The van der Waals surface area contributed by atoms with E-state index in [1.165, 1.54) is 12.8 Å². The predicted octanol–water partition coefficient (Wildman–Crippen LogP) is 2.24. The summed E-state index contributed by atoms with van der Waals surface area (Å²) in [7, 11) is 0. The molecule has 6 atom stereocenters. The van der Waals surface area contributed by atoms with Crippen LogP contribution in [0.1, 0.15) is 38.5 Å². The van der Waals surface area contributed by atoms with E-state index >= 15 is 0 Å². The Bertz CT molecular complexity index is 458. The molecule has 0 heterocycles. The zero-order chi connectivity index (χ0) is 13.0. The lowest BCUT2D eigenvalue weighted by Gasteiger charge is -2.14. The van der Waals surface area contributed by atoms with Gasteiger partial charge in [0.1, 0.15) is 0 Å². The second kappa shape index (κ2) is 3.88. The Balaban J connectivity index is 1.48. The number of nitrogens with zero attached hydrogens (tertiary/aromatic N) is 2. The zero-order valence-electron chi connectivity index (χ0n) is 10.9. The first kappa shape index (κ1) is 11.6. The molecule has 0 aromatic carbocycles. The van der Waals surface area contributed by atoms with E-state index in [0.29, 0.717) is 5.41 Å². The third-order valence-electron chi connectivity index (χ3n) is 6.47. The van der Waals surface area contributed by atoms with Crippen LogP contribution >= 0.6 is 0 Å². The van der Waals surface area contributed by atoms with Gasteiger partial charge in [0, 0.05) is 0 Å². The standard InChI is InChI=1S/C15H18N2O2/c18-7-16-9-1-3-11-13(5-9)15(11)12-4-2-10(17-8-19)6-14(12)15/h9-14H,1-6H2. The molecule has 4 fully saturated rings. The summed E-state index contributed by atoms with van der Waals surface area (Å²) in [5, 5.41) is 0. The van der Waals surface area contributed by atoms with E-state index < -0.39 is 0 Å². The van der Waals surface area contributed by atoms with E-state index in [1.54, 1.807) is 12.2 Å². The molecule has 0 radical (unpaired) electrons. The number of hydrogen-bond donors (Lipinski definition) is 0. The van der Waals surface area contributed by atoms with Crippen LogP contribution in [0.2, 0.25) is 0 Å². The molecule has 0 saturated heterocycles. The van der Waals surface area contributed by atoms with E-state index in [9.17, 15) is 9.59 Å². The van der Waals surface area contributed by atoms with Crippen molar-refractivity contribution < 1.29 is 9.59 Å². The Morgan fingerprint density at radius 2 is 1.21 bits per heavy atom. The van der Waals surface area contributed by atoms with E-state index in [4.69, 9.17) is 0 Å². The van der Waals surface area contributed by atoms with Crippen molar-refractivity contribution in [2.45, 2.75) is 50.6 Å². The van der Waals surface area contributed by atoms with Crippen molar-refractivity contribution in [3.8, 4) is 0 Å². The first-order valence-corrected chi connectivity index (χ1v) is 7.46. The minimum absolute atomic E-state index is 0.226. The molecule has 0 aliphatic heterocycles. The maximum Gasteiger partial charge on any atom is 0.235 e. The molecule has 1 spiro atoms. The number of rotatable bonds is 2. The van der Waals surface area contributed by atoms with Crippen LogP contribution in [0.5, 0.6) is 0 Å². The summed E-state index contributed by atoms with van der Waals surface area (Å²) >= 11 is 0. The molecule has 6 unspecified atom stereocenters. The summed E-state index contributed by atoms with van der Waals surface area (Å²) in [6.07, 6.45) is 10.2. The van der Waals surface area contributed by atoms with Crippen molar-refractivity contribution in [1.29, 1.82) is 0 Å². The van der Waals surface area contributed by atoms with E-state index in [-0.39, 0.29) is 12.1 Å². The molecule has 4 rings (SSSR count). The highest BCUT2D eigenvalue weighted by Gasteiger charge is 2.83. The number of fused-ring (bicyclic) bond motifs is 6. The van der Waals surface area contributed by atoms with Gasteiger partial charge < -0.3 is 0 Å². The molecule has 100 valence electrons. The van der Waals surface area contributed by atoms with E-state index in [2.05, 4.69) is 9.98 Å². The minimum atomic E-state index is 0.226. The van der Waals surface area contributed by atoms with Crippen LogP contribution in [0.25, 0.3) is 0 Å².